The zero-order valence-corrected chi connectivity index (χ0v) is 25.6. The largest absolute Gasteiger partial charge is 0.352 e. The van der Waals surface area contributed by atoms with Crippen LogP contribution in [0.3, 0.4) is 0 Å². The highest BCUT2D eigenvalue weighted by atomic mass is 35.5. The van der Waals surface area contributed by atoms with E-state index in [4.69, 9.17) is 23.2 Å². The summed E-state index contributed by atoms with van der Waals surface area (Å²) in [5.74, 6) is -0.772. The second kappa shape index (κ2) is 13.7. The standard InChI is InChI=1S/C31H35Cl2N3O4S/c1-22-8-16-28(17-9-22)36(41(39,40)29-18-14-26(33)15-19-29)21-30(37)35(20-24-10-12-25(32)13-11-24)23(2)31(38)34-27-6-4-3-5-7-27/h8-19,23,27H,3-7,20-21H2,1-2H3,(H,34,38)/t23-/m1/s1. The third-order valence-corrected chi connectivity index (χ3v) is 9.68. The van der Waals surface area contributed by atoms with E-state index < -0.39 is 28.5 Å². The number of halogens is 2. The van der Waals surface area contributed by atoms with E-state index in [0.29, 0.717) is 15.7 Å². The number of benzene rings is 3. The summed E-state index contributed by atoms with van der Waals surface area (Å²) >= 11 is 12.1. The molecule has 0 saturated heterocycles. The highest BCUT2D eigenvalue weighted by Gasteiger charge is 2.33. The first-order valence-corrected chi connectivity index (χ1v) is 15.9. The fourth-order valence-electron chi connectivity index (χ4n) is 4.91. The van der Waals surface area contributed by atoms with Gasteiger partial charge in [-0.05, 0) is 80.8 Å². The lowest BCUT2D eigenvalue weighted by Crippen LogP contribution is -2.53. The van der Waals surface area contributed by atoms with Gasteiger partial charge in [0.15, 0.2) is 0 Å². The van der Waals surface area contributed by atoms with Crippen molar-refractivity contribution in [2.45, 2.75) is 69.5 Å². The summed E-state index contributed by atoms with van der Waals surface area (Å²) in [5, 5.41) is 4.05. The topological polar surface area (TPSA) is 86.8 Å². The number of carbonyl (C=O) groups is 2. The third-order valence-electron chi connectivity index (χ3n) is 7.39. The lowest BCUT2D eigenvalue weighted by molar-refractivity contribution is -0.139. The minimum Gasteiger partial charge on any atom is -0.352 e. The van der Waals surface area contributed by atoms with E-state index in [1.807, 2.05) is 6.92 Å². The molecule has 0 bridgehead atoms. The van der Waals surface area contributed by atoms with E-state index in [1.54, 1.807) is 55.5 Å². The Morgan fingerprint density at radius 1 is 0.878 bits per heavy atom. The van der Waals surface area contributed by atoms with Gasteiger partial charge in [0.1, 0.15) is 12.6 Å². The molecule has 0 aliphatic heterocycles. The Morgan fingerprint density at radius 2 is 1.44 bits per heavy atom. The van der Waals surface area contributed by atoms with Crippen molar-refractivity contribution in [2.24, 2.45) is 0 Å². The van der Waals surface area contributed by atoms with Gasteiger partial charge >= 0.3 is 0 Å². The quantitative estimate of drug-likeness (QED) is 0.287. The number of aryl methyl sites for hydroxylation is 1. The Bertz CT molecular complexity index is 1440. The summed E-state index contributed by atoms with van der Waals surface area (Å²) in [4.78, 5) is 28.8. The van der Waals surface area contributed by atoms with Crippen LogP contribution in [0.1, 0.15) is 50.2 Å². The Kier molecular flexibility index (Phi) is 10.3. The molecule has 41 heavy (non-hydrogen) atoms. The molecule has 3 aromatic rings. The van der Waals surface area contributed by atoms with Crippen molar-refractivity contribution in [3.8, 4) is 0 Å². The molecule has 1 saturated carbocycles. The van der Waals surface area contributed by atoms with E-state index in [-0.39, 0.29) is 23.4 Å². The molecule has 3 aromatic carbocycles. The first-order chi connectivity index (χ1) is 19.5. The van der Waals surface area contributed by atoms with Gasteiger partial charge in [0.05, 0.1) is 10.6 Å². The molecule has 0 unspecified atom stereocenters. The van der Waals surface area contributed by atoms with E-state index in [0.717, 1.165) is 47.5 Å². The molecule has 4 rings (SSSR count). The normalized spacial score (nSPS) is 14.7. The summed E-state index contributed by atoms with van der Waals surface area (Å²) < 4.78 is 28.8. The molecule has 0 radical (unpaired) electrons. The van der Waals surface area contributed by atoms with Crippen LogP contribution in [0.15, 0.2) is 77.7 Å². The van der Waals surface area contributed by atoms with Crippen molar-refractivity contribution < 1.29 is 18.0 Å². The van der Waals surface area contributed by atoms with Gasteiger partial charge in [0.25, 0.3) is 10.0 Å². The van der Waals surface area contributed by atoms with Crippen molar-refractivity contribution in [1.29, 1.82) is 0 Å². The highest BCUT2D eigenvalue weighted by Crippen LogP contribution is 2.26. The number of rotatable bonds is 10. The first kappa shape index (κ1) is 30.9. The van der Waals surface area contributed by atoms with Crippen LogP contribution < -0.4 is 9.62 Å². The summed E-state index contributed by atoms with van der Waals surface area (Å²) in [6.45, 7) is 3.18. The average molecular weight is 617 g/mol. The molecule has 0 heterocycles. The Morgan fingerprint density at radius 3 is 2.02 bits per heavy atom. The van der Waals surface area contributed by atoms with Crippen LogP contribution in [-0.4, -0.2) is 43.8 Å². The summed E-state index contributed by atoms with van der Waals surface area (Å²) in [7, 11) is -4.15. The van der Waals surface area contributed by atoms with Crippen LogP contribution in [-0.2, 0) is 26.2 Å². The molecular formula is C31H35Cl2N3O4S. The van der Waals surface area contributed by atoms with Crippen molar-refractivity contribution in [3.63, 3.8) is 0 Å². The van der Waals surface area contributed by atoms with Crippen LogP contribution in [0, 0.1) is 6.92 Å². The number of sulfonamides is 1. The zero-order chi connectivity index (χ0) is 29.6. The maximum Gasteiger partial charge on any atom is 0.264 e. The number of hydrogen-bond acceptors (Lipinski definition) is 4. The third kappa shape index (κ3) is 8.03. The molecular weight excluding hydrogens is 581 g/mol. The summed E-state index contributed by atoms with van der Waals surface area (Å²) in [6.07, 6.45) is 5.08. The lowest BCUT2D eigenvalue weighted by Gasteiger charge is -2.33. The number of nitrogens with one attached hydrogen (secondary N) is 1. The molecule has 1 N–H and O–H groups in total. The Hall–Kier alpha value is -3.07. The minimum absolute atomic E-state index is 0.00242. The van der Waals surface area contributed by atoms with Crippen LogP contribution in [0.2, 0.25) is 10.0 Å². The molecule has 1 aliphatic carbocycles. The van der Waals surface area contributed by atoms with Crippen molar-refractivity contribution >= 4 is 50.7 Å². The van der Waals surface area contributed by atoms with Gasteiger partial charge in [-0.25, -0.2) is 8.42 Å². The van der Waals surface area contributed by atoms with Crippen LogP contribution in [0.25, 0.3) is 0 Å². The molecule has 218 valence electrons. The fraction of sp³-hybridized carbons (Fsp3) is 0.355. The molecule has 10 heteroatoms. The van der Waals surface area contributed by atoms with Gasteiger partial charge in [0.2, 0.25) is 11.8 Å². The maximum absolute atomic E-state index is 14.0. The summed E-state index contributed by atoms with van der Waals surface area (Å²) in [6, 6.07) is 19.0. The van der Waals surface area contributed by atoms with Crippen LogP contribution in [0.4, 0.5) is 5.69 Å². The molecule has 0 aromatic heterocycles. The van der Waals surface area contributed by atoms with Gasteiger partial charge in [-0.15, -0.1) is 0 Å². The number of carbonyl (C=O) groups excluding carboxylic acids is 2. The van der Waals surface area contributed by atoms with E-state index in [1.165, 1.54) is 29.2 Å². The zero-order valence-electron chi connectivity index (χ0n) is 23.2. The SMILES string of the molecule is Cc1ccc(N(CC(=O)N(Cc2ccc(Cl)cc2)[C@H](C)C(=O)NC2CCCCC2)S(=O)(=O)c2ccc(Cl)cc2)cc1. The molecule has 1 atom stereocenters. The average Bonchev–Trinajstić information content (AvgIpc) is 2.96. The monoisotopic (exact) mass is 615 g/mol. The maximum atomic E-state index is 14.0. The van der Waals surface area contributed by atoms with Crippen molar-refractivity contribution in [2.75, 3.05) is 10.8 Å². The van der Waals surface area contributed by atoms with Crippen molar-refractivity contribution in [1.82, 2.24) is 10.2 Å². The van der Waals surface area contributed by atoms with Crippen molar-refractivity contribution in [3.05, 3.63) is 94.0 Å². The Balaban J connectivity index is 1.66. The van der Waals surface area contributed by atoms with Gasteiger partial charge in [-0.3, -0.25) is 13.9 Å². The fourth-order valence-corrected chi connectivity index (χ4v) is 6.58. The van der Waals surface area contributed by atoms with Gasteiger partial charge in [-0.1, -0.05) is 72.3 Å². The molecule has 7 nitrogen and oxygen atoms in total. The highest BCUT2D eigenvalue weighted by molar-refractivity contribution is 7.92. The predicted molar refractivity (Wildman–Crippen MR) is 164 cm³/mol. The van der Waals surface area contributed by atoms with E-state index >= 15 is 0 Å². The molecule has 1 aliphatic rings. The minimum atomic E-state index is -4.15. The second-order valence-corrected chi connectivity index (χ2v) is 13.2. The van der Waals surface area contributed by atoms with Gasteiger partial charge < -0.3 is 10.2 Å². The second-order valence-electron chi connectivity index (χ2n) is 10.5. The number of anilines is 1. The molecule has 2 amide bonds. The lowest BCUT2D eigenvalue weighted by atomic mass is 9.95. The Labute approximate surface area is 252 Å². The number of nitrogens with zero attached hydrogens (tertiary/aromatic N) is 2. The van der Waals surface area contributed by atoms with E-state index in [2.05, 4.69) is 5.32 Å². The molecule has 0 spiro atoms. The smallest absolute Gasteiger partial charge is 0.264 e. The predicted octanol–water partition coefficient (Wildman–Crippen LogP) is 6.36. The van der Waals surface area contributed by atoms with E-state index in [9.17, 15) is 18.0 Å². The van der Waals surface area contributed by atoms with Crippen LogP contribution >= 0.6 is 23.2 Å². The molecule has 1 fully saturated rings. The number of hydrogen-bond donors (Lipinski definition) is 1. The van der Waals surface area contributed by atoms with Gasteiger partial charge in [0, 0.05) is 22.6 Å². The van der Waals surface area contributed by atoms with Gasteiger partial charge in [-0.2, -0.15) is 0 Å². The first-order valence-electron chi connectivity index (χ1n) is 13.7. The summed E-state index contributed by atoms with van der Waals surface area (Å²) in [5.41, 5.74) is 2.05. The number of amides is 2. The van der Waals surface area contributed by atoms with Crippen LogP contribution in [0.5, 0.6) is 0 Å².